The standard InChI is InChI=1S/C7H5BrFN3O2S/c8-3-1-4(9)7(15(10,13)14)6-5(3)11-2-12-6/h1-2H,(H,11,12)(H2,10,13,14). The summed E-state index contributed by atoms with van der Waals surface area (Å²) in [6, 6.07) is 1.02. The van der Waals surface area contributed by atoms with E-state index in [-0.39, 0.29) is 5.52 Å². The maximum atomic E-state index is 13.4. The van der Waals surface area contributed by atoms with Crippen LogP contribution in [0.2, 0.25) is 0 Å². The number of nitrogens with one attached hydrogen (secondary N) is 1. The normalized spacial score (nSPS) is 12.2. The van der Waals surface area contributed by atoms with Gasteiger partial charge in [-0.1, -0.05) is 0 Å². The smallest absolute Gasteiger partial charge is 0.243 e. The molecule has 3 N–H and O–H groups in total. The van der Waals surface area contributed by atoms with Gasteiger partial charge in [-0.25, -0.2) is 22.9 Å². The predicted molar refractivity (Wildman–Crippen MR) is 55.1 cm³/mol. The van der Waals surface area contributed by atoms with E-state index in [0.29, 0.717) is 9.99 Å². The van der Waals surface area contributed by atoms with Crippen molar-refractivity contribution in [3.05, 3.63) is 22.7 Å². The number of nitrogens with two attached hydrogens (primary N) is 1. The third kappa shape index (κ3) is 1.64. The van der Waals surface area contributed by atoms with E-state index in [1.165, 1.54) is 6.33 Å². The van der Waals surface area contributed by atoms with E-state index in [9.17, 15) is 12.8 Å². The van der Waals surface area contributed by atoms with Gasteiger partial charge < -0.3 is 4.98 Å². The molecule has 0 unspecified atom stereocenters. The molecule has 2 rings (SSSR count). The number of hydrogen-bond donors (Lipinski definition) is 2. The van der Waals surface area contributed by atoms with Crippen molar-refractivity contribution in [3.63, 3.8) is 0 Å². The monoisotopic (exact) mass is 293 g/mol. The Morgan fingerprint density at radius 3 is 2.80 bits per heavy atom. The summed E-state index contributed by atoms with van der Waals surface area (Å²) in [6.45, 7) is 0. The molecular weight excluding hydrogens is 289 g/mol. The third-order valence-electron chi connectivity index (χ3n) is 1.85. The topological polar surface area (TPSA) is 88.8 Å². The van der Waals surface area contributed by atoms with Crippen molar-refractivity contribution in [1.82, 2.24) is 9.97 Å². The van der Waals surface area contributed by atoms with Crippen LogP contribution in [0, 0.1) is 5.82 Å². The molecule has 0 fully saturated rings. The Morgan fingerprint density at radius 1 is 1.53 bits per heavy atom. The first-order valence-electron chi connectivity index (χ1n) is 3.75. The Hall–Kier alpha value is -0.990. The Kier molecular flexibility index (Phi) is 2.28. The molecule has 0 aliphatic carbocycles. The fourth-order valence-corrected chi connectivity index (χ4v) is 2.56. The van der Waals surface area contributed by atoms with Gasteiger partial charge in [0.25, 0.3) is 0 Å². The van der Waals surface area contributed by atoms with E-state index in [1.54, 1.807) is 0 Å². The molecule has 0 atom stereocenters. The Bertz CT molecular complexity index is 637. The largest absolute Gasteiger partial charge is 0.343 e. The zero-order chi connectivity index (χ0) is 11.2. The van der Waals surface area contributed by atoms with E-state index >= 15 is 0 Å². The van der Waals surface area contributed by atoms with Gasteiger partial charge in [0.05, 0.1) is 11.8 Å². The van der Waals surface area contributed by atoms with Crippen molar-refractivity contribution in [2.24, 2.45) is 5.14 Å². The first kappa shape index (κ1) is 10.5. The summed E-state index contributed by atoms with van der Waals surface area (Å²) in [7, 11) is -4.11. The van der Waals surface area contributed by atoms with Crippen LogP contribution in [0.3, 0.4) is 0 Å². The highest BCUT2D eigenvalue weighted by molar-refractivity contribution is 9.10. The van der Waals surface area contributed by atoms with Crippen LogP contribution in [0.4, 0.5) is 4.39 Å². The maximum absolute atomic E-state index is 13.4. The molecule has 1 aromatic carbocycles. The van der Waals surface area contributed by atoms with E-state index in [1.807, 2.05) is 0 Å². The third-order valence-corrected chi connectivity index (χ3v) is 3.42. The second-order valence-electron chi connectivity index (χ2n) is 2.84. The lowest BCUT2D eigenvalue weighted by molar-refractivity contribution is 0.570. The van der Waals surface area contributed by atoms with Gasteiger partial charge in [0.1, 0.15) is 16.2 Å². The minimum absolute atomic E-state index is 0.0596. The van der Waals surface area contributed by atoms with Crippen LogP contribution in [0.25, 0.3) is 11.0 Å². The Morgan fingerprint density at radius 2 is 2.20 bits per heavy atom. The van der Waals surface area contributed by atoms with E-state index in [0.717, 1.165) is 6.07 Å². The number of rotatable bonds is 1. The van der Waals surface area contributed by atoms with E-state index in [4.69, 9.17) is 5.14 Å². The van der Waals surface area contributed by atoms with E-state index in [2.05, 4.69) is 25.9 Å². The van der Waals surface area contributed by atoms with Gasteiger partial charge in [0.15, 0.2) is 0 Å². The summed E-state index contributed by atoms with van der Waals surface area (Å²) >= 11 is 3.07. The number of imidazole rings is 1. The fraction of sp³-hybridized carbons (Fsp3) is 0. The van der Waals surface area contributed by atoms with Gasteiger partial charge in [-0.3, -0.25) is 0 Å². The zero-order valence-corrected chi connectivity index (χ0v) is 9.56. The summed E-state index contributed by atoms with van der Waals surface area (Å²) < 4.78 is 36.1. The van der Waals surface area contributed by atoms with Gasteiger partial charge in [-0.05, 0) is 22.0 Å². The number of nitrogens with zero attached hydrogens (tertiary/aromatic N) is 1. The predicted octanol–water partition coefficient (Wildman–Crippen LogP) is 1.11. The van der Waals surface area contributed by atoms with E-state index < -0.39 is 20.7 Å². The lowest BCUT2D eigenvalue weighted by Gasteiger charge is -2.02. The van der Waals surface area contributed by atoms with Gasteiger partial charge in [-0.15, -0.1) is 0 Å². The summed E-state index contributed by atoms with van der Waals surface area (Å²) in [5.74, 6) is -0.916. The van der Waals surface area contributed by atoms with Crippen LogP contribution in [-0.4, -0.2) is 18.4 Å². The van der Waals surface area contributed by atoms with Gasteiger partial charge in [0, 0.05) is 4.47 Å². The first-order chi connectivity index (χ1) is 6.91. The minimum atomic E-state index is -4.11. The van der Waals surface area contributed by atoms with Crippen molar-refractivity contribution >= 4 is 37.0 Å². The highest BCUT2D eigenvalue weighted by Crippen LogP contribution is 2.28. The number of hydrogen-bond acceptors (Lipinski definition) is 3. The molecule has 1 aromatic heterocycles. The lowest BCUT2D eigenvalue weighted by atomic mass is 10.3. The molecule has 5 nitrogen and oxygen atoms in total. The molecule has 0 aliphatic rings. The molecule has 0 saturated heterocycles. The Balaban J connectivity index is 3.02. The summed E-state index contributed by atoms with van der Waals surface area (Å²) in [5, 5.41) is 4.90. The summed E-state index contributed by atoms with van der Waals surface area (Å²) in [5.41, 5.74) is 0.379. The highest BCUT2D eigenvalue weighted by atomic mass is 79.9. The summed E-state index contributed by atoms with van der Waals surface area (Å²) in [6.07, 6.45) is 1.27. The van der Waals surface area contributed by atoms with Gasteiger partial charge >= 0.3 is 0 Å². The van der Waals surface area contributed by atoms with Crippen molar-refractivity contribution in [3.8, 4) is 0 Å². The van der Waals surface area contributed by atoms with Crippen LogP contribution in [0.5, 0.6) is 0 Å². The van der Waals surface area contributed by atoms with Crippen LogP contribution in [-0.2, 0) is 10.0 Å². The number of halogens is 2. The van der Waals surface area contributed by atoms with Crippen LogP contribution < -0.4 is 5.14 Å². The Labute approximate surface area is 92.7 Å². The lowest BCUT2D eigenvalue weighted by Crippen LogP contribution is -2.14. The quantitative estimate of drug-likeness (QED) is 0.825. The molecule has 0 bridgehead atoms. The van der Waals surface area contributed by atoms with Crippen molar-refractivity contribution in [2.75, 3.05) is 0 Å². The number of H-pyrrole nitrogens is 1. The van der Waals surface area contributed by atoms with Crippen LogP contribution in [0.1, 0.15) is 0 Å². The molecule has 8 heteroatoms. The number of primary sulfonamides is 1. The number of fused-ring (bicyclic) bond motifs is 1. The number of aromatic nitrogens is 2. The molecule has 2 aromatic rings. The SMILES string of the molecule is NS(=O)(=O)c1c(F)cc(Br)c2nc[nH]c12. The molecule has 1 heterocycles. The highest BCUT2D eigenvalue weighted by Gasteiger charge is 2.21. The summed E-state index contributed by atoms with van der Waals surface area (Å²) in [4.78, 5) is 5.81. The molecule has 0 saturated carbocycles. The van der Waals surface area contributed by atoms with Crippen LogP contribution >= 0.6 is 15.9 Å². The zero-order valence-electron chi connectivity index (χ0n) is 7.16. The molecule has 0 amide bonds. The van der Waals surface area contributed by atoms with Gasteiger partial charge in [0.2, 0.25) is 10.0 Å². The number of sulfonamides is 1. The number of benzene rings is 1. The average Bonchev–Trinajstić information content (AvgIpc) is 2.49. The first-order valence-corrected chi connectivity index (χ1v) is 6.09. The second-order valence-corrected chi connectivity index (χ2v) is 5.19. The number of aromatic amines is 1. The molecule has 15 heavy (non-hydrogen) atoms. The maximum Gasteiger partial charge on any atom is 0.243 e. The fourth-order valence-electron chi connectivity index (χ4n) is 1.29. The average molecular weight is 294 g/mol. The molecule has 80 valence electrons. The molecular formula is C7H5BrFN3O2S. The van der Waals surface area contributed by atoms with Gasteiger partial charge in [-0.2, -0.15) is 0 Å². The molecule has 0 spiro atoms. The minimum Gasteiger partial charge on any atom is -0.343 e. The van der Waals surface area contributed by atoms with Crippen LogP contribution in [0.15, 0.2) is 21.8 Å². The van der Waals surface area contributed by atoms with Crippen molar-refractivity contribution in [2.45, 2.75) is 4.90 Å². The molecule has 0 radical (unpaired) electrons. The second kappa shape index (κ2) is 3.26. The van der Waals surface area contributed by atoms with Crippen molar-refractivity contribution < 1.29 is 12.8 Å². The molecule has 0 aliphatic heterocycles. The van der Waals surface area contributed by atoms with Crippen molar-refractivity contribution in [1.29, 1.82) is 0 Å².